The Bertz CT molecular complexity index is 514. The summed E-state index contributed by atoms with van der Waals surface area (Å²) in [6.07, 6.45) is 6.59. The molecule has 4 heteroatoms. The van der Waals surface area contributed by atoms with E-state index in [2.05, 4.69) is 4.98 Å². The molecule has 0 N–H and O–H groups in total. The molecule has 1 aromatic carbocycles. The van der Waals surface area contributed by atoms with Crippen LogP contribution in [0.5, 0.6) is 17.2 Å². The van der Waals surface area contributed by atoms with Gasteiger partial charge in [-0.05, 0) is 62.6 Å². The molecule has 4 nitrogen and oxygen atoms in total. The monoisotopic (exact) mass is 301 g/mol. The fourth-order valence-electron chi connectivity index (χ4n) is 1.99. The molecule has 0 saturated heterocycles. The number of ether oxygens (including phenoxy) is 3. The molecule has 2 aromatic rings. The van der Waals surface area contributed by atoms with Crippen LogP contribution in [0.1, 0.15) is 26.2 Å². The molecule has 0 atom stereocenters. The summed E-state index contributed by atoms with van der Waals surface area (Å²) in [6.45, 7) is 4.10. The van der Waals surface area contributed by atoms with Gasteiger partial charge in [0.25, 0.3) is 0 Å². The molecule has 0 unspecified atom stereocenters. The second-order valence-corrected chi connectivity index (χ2v) is 4.85. The van der Waals surface area contributed by atoms with Crippen LogP contribution in [0.3, 0.4) is 0 Å². The minimum Gasteiger partial charge on any atom is -0.494 e. The lowest BCUT2D eigenvalue weighted by molar-refractivity contribution is 0.278. The molecule has 0 spiro atoms. The fraction of sp³-hybridized carbons (Fsp3) is 0.389. The number of rotatable bonds is 10. The van der Waals surface area contributed by atoms with Gasteiger partial charge in [-0.2, -0.15) is 0 Å². The van der Waals surface area contributed by atoms with Crippen molar-refractivity contribution in [3.8, 4) is 17.2 Å². The van der Waals surface area contributed by atoms with E-state index in [4.69, 9.17) is 14.2 Å². The van der Waals surface area contributed by atoms with Crippen LogP contribution < -0.4 is 14.2 Å². The summed E-state index contributed by atoms with van der Waals surface area (Å²) in [5.74, 6) is 2.59. The standard InChI is InChI=1S/C18H23NO3/c1-2-20-16-8-10-17(11-9-16)21-13-4-3-5-14-22-18-7-6-12-19-15-18/h6-12,15H,2-5,13-14H2,1H3. The Labute approximate surface area is 132 Å². The molecule has 0 saturated carbocycles. The van der Waals surface area contributed by atoms with Crippen LogP contribution in [0.25, 0.3) is 0 Å². The fourth-order valence-corrected chi connectivity index (χ4v) is 1.99. The quantitative estimate of drug-likeness (QED) is 0.619. The average Bonchev–Trinajstić information content (AvgIpc) is 2.57. The predicted octanol–water partition coefficient (Wildman–Crippen LogP) is 4.11. The Balaban J connectivity index is 1.52. The summed E-state index contributed by atoms with van der Waals surface area (Å²) < 4.78 is 16.7. The third kappa shape index (κ3) is 6.04. The number of nitrogens with zero attached hydrogens (tertiary/aromatic N) is 1. The van der Waals surface area contributed by atoms with Crippen LogP contribution in [-0.4, -0.2) is 24.8 Å². The molecule has 0 aliphatic carbocycles. The van der Waals surface area contributed by atoms with Gasteiger partial charge in [0.2, 0.25) is 0 Å². The largest absolute Gasteiger partial charge is 0.494 e. The Morgan fingerprint density at radius 1 is 0.773 bits per heavy atom. The molecule has 22 heavy (non-hydrogen) atoms. The Hall–Kier alpha value is -2.23. The van der Waals surface area contributed by atoms with Crippen molar-refractivity contribution in [3.63, 3.8) is 0 Å². The number of benzene rings is 1. The van der Waals surface area contributed by atoms with Gasteiger partial charge in [0.05, 0.1) is 26.0 Å². The van der Waals surface area contributed by atoms with Gasteiger partial charge in [-0.15, -0.1) is 0 Å². The summed E-state index contributed by atoms with van der Waals surface area (Å²) in [7, 11) is 0. The molecular weight excluding hydrogens is 278 g/mol. The summed E-state index contributed by atoms with van der Waals surface area (Å²) in [5, 5.41) is 0. The summed E-state index contributed by atoms with van der Waals surface area (Å²) in [6, 6.07) is 11.5. The number of pyridine rings is 1. The lowest BCUT2D eigenvalue weighted by Crippen LogP contribution is -2.01. The van der Waals surface area contributed by atoms with Crippen molar-refractivity contribution < 1.29 is 14.2 Å². The zero-order chi connectivity index (χ0) is 15.5. The molecule has 0 bridgehead atoms. The van der Waals surface area contributed by atoms with Crippen molar-refractivity contribution in [2.75, 3.05) is 19.8 Å². The maximum Gasteiger partial charge on any atom is 0.137 e. The van der Waals surface area contributed by atoms with Gasteiger partial charge in [-0.25, -0.2) is 0 Å². The van der Waals surface area contributed by atoms with E-state index >= 15 is 0 Å². The first kappa shape index (κ1) is 16.1. The minimum absolute atomic E-state index is 0.682. The van der Waals surface area contributed by atoms with Crippen LogP contribution in [0.15, 0.2) is 48.8 Å². The van der Waals surface area contributed by atoms with Crippen LogP contribution in [0.2, 0.25) is 0 Å². The molecule has 0 fully saturated rings. The van der Waals surface area contributed by atoms with E-state index in [1.165, 1.54) is 0 Å². The molecule has 2 rings (SSSR count). The van der Waals surface area contributed by atoms with Crippen LogP contribution in [-0.2, 0) is 0 Å². The number of hydrogen-bond donors (Lipinski definition) is 0. The van der Waals surface area contributed by atoms with Gasteiger partial charge in [-0.3, -0.25) is 4.98 Å². The van der Waals surface area contributed by atoms with Gasteiger partial charge in [0.15, 0.2) is 0 Å². The molecule has 0 aliphatic rings. The Morgan fingerprint density at radius 3 is 2.00 bits per heavy atom. The van der Waals surface area contributed by atoms with Gasteiger partial charge >= 0.3 is 0 Å². The smallest absolute Gasteiger partial charge is 0.137 e. The van der Waals surface area contributed by atoms with E-state index in [0.717, 1.165) is 49.7 Å². The maximum atomic E-state index is 5.70. The predicted molar refractivity (Wildman–Crippen MR) is 86.7 cm³/mol. The van der Waals surface area contributed by atoms with Crippen molar-refractivity contribution >= 4 is 0 Å². The van der Waals surface area contributed by atoms with Gasteiger partial charge in [-0.1, -0.05) is 0 Å². The van der Waals surface area contributed by atoms with Gasteiger partial charge in [0, 0.05) is 6.20 Å². The van der Waals surface area contributed by atoms with Crippen molar-refractivity contribution in [3.05, 3.63) is 48.8 Å². The van der Waals surface area contributed by atoms with E-state index in [-0.39, 0.29) is 0 Å². The number of unbranched alkanes of at least 4 members (excludes halogenated alkanes) is 2. The first-order valence-electron chi connectivity index (χ1n) is 7.77. The highest BCUT2D eigenvalue weighted by Gasteiger charge is 1.97. The van der Waals surface area contributed by atoms with Crippen LogP contribution in [0, 0.1) is 0 Å². The van der Waals surface area contributed by atoms with E-state index in [1.54, 1.807) is 12.4 Å². The molecule has 0 aliphatic heterocycles. The lowest BCUT2D eigenvalue weighted by Gasteiger charge is -2.08. The first-order valence-corrected chi connectivity index (χ1v) is 7.77. The Kier molecular flexibility index (Phi) is 7.09. The minimum atomic E-state index is 0.682. The van der Waals surface area contributed by atoms with Crippen LogP contribution in [0.4, 0.5) is 0 Å². The Morgan fingerprint density at radius 2 is 1.41 bits per heavy atom. The molecular formula is C18H23NO3. The normalized spacial score (nSPS) is 10.2. The van der Waals surface area contributed by atoms with Crippen molar-refractivity contribution in [2.24, 2.45) is 0 Å². The highest BCUT2D eigenvalue weighted by atomic mass is 16.5. The topological polar surface area (TPSA) is 40.6 Å². The van der Waals surface area contributed by atoms with Crippen molar-refractivity contribution in [1.29, 1.82) is 0 Å². The van der Waals surface area contributed by atoms with Gasteiger partial charge < -0.3 is 14.2 Å². The molecule has 0 amide bonds. The van der Waals surface area contributed by atoms with E-state index in [9.17, 15) is 0 Å². The van der Waals surface area contributed by atoms with Crippen molar-refractivity contribution in [1.82, 2.24) is 4.98 Å². The molecule has 118 valence electrons. The van der Waals surface area contributed by atoms with Crippen LogP contribution >= 0.6 is 0 Å². The third-order valence-electron chi connectivity index (χ3n) is 3.10. The molecule has 0 radical (unpaired) electrons. The van der Waals surface area contributed by atoms with E-state index in [1.807, 2.05) is 43.3 Å². The highest BCUT2D eigenvalue weighted by Crippen LogP contribution is 2.17. The summed E-state index contributed by atoms with van der Waals surface area (Å²) in [5.41, 5.74) is 0. The maximum absolute atomic E-state index is 5.70. The molecule has 1 heterocycles. The van der Waals surface area contributed by atoms with E-state index < -0.39 is 0 Å². The summed E-state index contributed by atoms with van der Waals surface area (Å²) >= 11 is 0. The summed E-state index contributed by atoms with van der Waals surface area (Å²) in [4.78, 5) is 4.01. The third-order valence-corrected chi connectivity index (χ3v) is 3.10. The average molecular weight is 301 g/mol. The number of aromatic nitrogens is 1. The highest BCUT2D eigenvalue weighted by molar-refractivity contribution is 5.31. The van der Waals surface area contributed by atoms with E-state index in [0.29, 0.717) is 6.61 Å². The molecule has 1 aromatic heterocycles. The van der Waals surface area contributed by atoms with Gasteiger partial charge in [0.1, 0.15) is 17.2 Å². The SMILES string of the molecule is CCOc1ccc(OCCCCCOc2cccnc2)cc1. The van der Waals surface area contributed by atoms with Crippen molar-refractivity contribution in [2.45, 2.75) is 26.2 Å². The zero-order valence-corrected chi connectivity index (χ0v) is 13.0. The number of hydrogen-bond acceptors (Lipinski definition) is 4. The zero-order valence-electron chi connectivity index (χ0n) is 13.0. The first-order chi connectivity index (χ1) is 10.9. The lowest BCUT2D eigenvalue weighted by atomic mass is 10.2. The second-order valence-electron chi connectivity index (χ2n) is 4.85. The second kappa shape index (κ2) is 9.66.